The number of rotatable bonds is 7. The van der Waals surface area contributed by atoms with E-state index < -0.39 is 12.0 Å². The van der Waals surface area contributed by atoms with Crippen molar-refractivity contribution >= 4 is 17.3 Å². The number of hydrogen-bond acceptors (Lipinski definition) is 4. The van der Waals surface area contributed by atoms with Crippen molar-refractivity contribution in [3.63, 3.8) is 0 Å². The van der Waals surface area contributed by atoms with Crippen LogP contribution in [0.1, 0.15) is 29.8 Å². The third-order valence-electron chi connectivity index (χ3n) is 2.75. The predicted octanol–water partition coefficient (Wildman–Crippen LogP) is 2.27. The summed E-state index contributed by atoms with van der Waals surface area (Å²) in [5, 5.41) is 18.5. The molecule has 0 aliphatic rings. The molecule has 0 aliphatic heterocycles. The Kier molecular flexibility index (Phi) is 4.70. The van der Waals surface area contributed by atoms with Crippen LogP contribution in [0, 0.1) is 0 Å². The molecule has 0 aliphatic carbocycles. The van der Waals surface area contributed by atoms with Gasteiger partial charge in [-0.3, -0.25) is 14.8 Å². The van der Waals surface area contributed by atoms with E-state index >= 15 is 0 Å². The van der Waals surface area contributed by atoms with E-state index in [-0.39, 0.29) is 0 Å². The fourth-order valence-electron chi connectivity index (χ4n) is 1.84. The van der Waals surface area contributed by atoms with Crippen molar-refractivity contribution in [1.82, 2.24) is 15.1 Å². The number of nitrogens with one attached hydrogen (secondary N) is 1. The van der Waals surface area contributed by atoms with Gasteiger partial charge in [-0.15, -0.1) is 11.3 Å². The first kappa shape index (κ1) is 13.8. The molecule has 0 spiro atoms. The van der Waals surface area contributed by atoms with Crippen molar-refractivity contribution in [2.24, 2.45) is 0 Å². The van der Waals surface area contributed by atoms with Gasteiger partial charge in [0, 0.05) is 29.7 Å². The first-order valence-corrected chi connectivity index (χ1v) is 7.09. The minimum atomic E-state index is -0.882. The molecular formula is C13H17N3O2S. The van der Waals surface area contributed by atoms with Crippen LogP contribution in [0.25, 0.3) is 0 Å². The van der Waals surface area contributed by atoms with E-state index in [0.29, 0.717) is 12.1 Å². The van der Waals surface area contributed by atoms with Crippen molar-refractivity contribution in [2.45, 2.75) is 32.5 Å². The Bertz CT molecular complexity index is 522. The second-order valence-corrected chi connectivity index (χ2v) is 5.30. The molecule has 0 saturated carbocycles. The summed E-state index contributed by atoms with van der Waals surface area (Å²) >= 11 is 1.61. The number of carboxylic acids is 1. The molecule has 1 unspecified atom stereocenters. The smallest absolute Gasteiger partial charge is 0.325 e. The maximum absolute atomic E-state index is 11.3. The Labute approximate surface area is 115 Å². The molecule has 1 atom stereocenters. The Balaban J connectivity index is 2.04. The molecular weight excluding hydrogens is 262 g/mol. The Morgan fingerprint density at radius 2 is 2.47 bits per heavy atom. The molecule has 2 heterocycles. The maximum atomic E-state index is 11.3. The van der Waals surface area contributed by atoms with Crippen molar-refractivity contribution in [3.8, 4) is 0 Å². The quantitative estimate of drug-likeness (QED) is 0.816. The lowest BCUT2D eigenvalue weighted by molar-refractivity contribution is -0.139. The van der Waals surface area contributed by atoms with E-state index in [4.69, 9.17) is 0 Å². The van der Waals surface area contributed by atoms with Crippen molar-refractivity contribution in [2.75, 3.05) is 0 Å². The second kappa shape index (κ2) is 6.49. The molecule has 102 valence electrons. The van der Waals surface area contributed by atoms with Gasteiger partial charge in [-0.2, -0.15) is 5.10 Å². The fourth-order valence-corrected chi connectivity index (χ4v) is 2.50. The van der Waals surface area contributed by atoms with Gasteiger partial charge in [0.1, 0.15) is 6.04 Å². The highest BCUT2D eigenvalue weighted by Crippen LogP contribution is 2.15. The van der Waals surface area contributed by atoms with Crippen LogP contribution >= 0.6 is 11.3 Å². The topological polar surface area (TPSA) is 67.2 Å². The fraction of sp³-hybridized carbons (Fsp3) is 0.385. The zero-order valence-corrected chi connectivity index (χ0v) is 11.6. The van der Waals surface area contributed by atoms with Crippen LogP contribution in [0.3, 0.4) is 0 Å². The van der Waals surface area contributed by atoms with Gasteiger partial charge in [0.05, 0.1) is 6.20 Å². The summed E-state index contributed by atoms with van der Waals surface area (Å²) in [6.07, 6.45) is 4.39. The number of thiophene rings is 1. The Morgan fingerprint density at radius 3 is 3.11 bits per heavy atom. The number of carbonyl (C=O) groups is 1. The first-order chi connectivity index (χ1) is 9.20. The van der Waals surface area contributed by atoms with Gasteiger partial charge < -0.3 is 5.11 Å². The molecule has 6 heteroatoms. The van der Waals surface area contributed by atoms with Gasteiger partial charge in [-0.25, -0.2) is 0 Å². The lowest BCUT2D eigenvalue weighted by atomic mass is 10.1. The zero-order valence-electron chi connectivity index (χ0n) is 10.7. The van der Waals surface area contributed by atoms with Crippen LogP contribution in [-0.2, 0) is 17.9 Å². The lowest BCUT2D eigenvalue weighted by Crippen LogP contribution is -2.27. The number of carboxylic acid groups (broad SMARTS) is 1. The van der Waals surface area contributed by atoms with Crippen molar-refractivity contribution < 1.29 is 9.90 Å². The first-order valence-electron chi connectivity index (χ1n) is 6.21. The molecule has 0 bridgehead atoms. The van der Waals surface area contributed by atoms with Gasteiger partial charge in [0.2, 0.25) is 0 Å². The normalized spacial score (nSPS) is 12.5. The predicted molar refractivity (Wildman–Crippen MR) is 74.1 cm³/mol. The number of aliphatic carboxylic acids is 1. The molecule has 0 amide bonds. The average molecular weight is 279 g/mol. The summed E-state index contributed by atoms with van der Waals surface area (Å²) in [5.41, 5.74) is 0.692. The standard InChI is InChI=1S/C13H17N3O2S/c1-2-5-16-9-10(7-15-16)12(13(17)18)14-8-11-4-3-6-19-11/h3-4,6-7,9,12,14H,2,5,8H2,1H3,(H,17,18). The van der Waals surface area contributed by atoms with Crippen molar-refractivity contribution in [1.29, 1.82) is 0 Å². The van der Waals surface area contributed by atoms with Crippen LogP contribution in [0.5, 0.6) is 0 Å². The van der Waals surface area contributed by atoms with Gasteiger partial charge in [-0.05, 0) is 17.9 Å². The van der Waals surface area contributed by atoms with Crippen LogP contribution in [0.4, 0.5) is 0 Å². The summed E-state index contributed by atoms with van der Waals surface area (Å²) in [5.74, 6) is -0.882. The molecule has 5 nitrogen and oxygen atoms in total. The van der Waals surface area contributed by atoms with Crippen LogP contribution in [0.2, 0.25) is 0 Å². The molecule has 19 heavy (non-hydrogen) atoms. The highest BCUT2D eigenvalue weighted by atomic mass is 32.1. The van der Waals surface area contributed by atoms with E-state index in [9.17, 15) is 9.90 Å². The number of aryl methyl sites for hydroxylation is 1. The number of nitrogens with zero attached hydrogens (tertiary/aromatic N) is 2. The molecule has 2 aromatic rings. The van der Waals surface area contributed by atoms with Gasteiger partial charge in [0.25, 0.3) is 0 Å². The van der Waals surface area contributed by atoms with E-state index in [0.717, 1.165) is 17.8 Å². The van der Waals surface area contributed by atoms with Gasteiger partial charge in [0.15, 0.2) is 0 Å². The van der Waals surface area contributed by atoms with Crippen LogP contribution in [0.15, 0.2) is 29.9 Å². The van der Waals surface area contributed by atoms with Crippen molar-refractivity contribution in [3.05, 3.63) is 40.3 Å². The molecule has 0 aromatic carbocycles. The zero-order chi connectivity index (χ0) is 13.7. The third kappa shape index (κ3) is 3.65. The summed E-state index contributed by atoms with van der Waals surface area (Å²) in [6, 6.07) is 3.22. The molecule has 0 radical (unpaired) electrons. The Morgan fingerprint density at radius 1 is 1.63 bits per heavy atom. The molecule has 0 fully saturated rings. The summed E-state index contributed by atoms with van der Waals surface area (Å²) in [4.78, 5) is 12.4. The lowest BCUT2D eigenvalue weighted by Gasteiger charge is -2.11. The van der Waals surface area contributed by atoms with E-state index in [1.54, 1.807) is 28.4 Å². The Hall–Kier alpha value is -1.66. The molecule has 2 aromatic heterocycles. The van der Waals surface area contributed by atoms with E-state index in [2.05, 4.69) is 17.3 Å². The molecule has 0 saturated heterocycles. The maximum Gasteiger partial charge on any atom is 0.325 e. The van der Waals surface area contributed by atoms with E-state index in [1.165, 1.54) is 0 Å². The van der Waals surface area contributed by atoms with Crippen LogP contribution < -0.4 is 5.32 Å². The highest BCUT2D eigenvalue weighted by molar-refractivity contribution is 7.09. The van der Waals surface area contributed by atoms with E-state index in [1.807, 2.05) is 17.5 Å². The average Bonchev–Trinajstić information content (AvgIpc) is 3.01. The monoisotopic (exact) mass is 279 g/mol. The summed E-state index contributed by atoms with van der Waals surface area (Å²) in [6.45, 7) is 3.41. The summed E-state index contributed by atoms with van der Waals surface area (Å²) in [7, 11) is 0. The minimum Gasteiger partial charge on any atom is -0.480 e. The number of hydrogen-bond donors (Lipinski definition) is 2. The number of aromatic nitrogens is 2. The SMILES string of the molecule is CCCn1cc(C(NCc2cccs2)C(=O)O)cn1. The minimum absolute atomic E-state index is 0.549. The highest BCUT2D eigenvalue weighted by Gasteiger charge is 2.20. The second-order valence-electron chi connectivity index (χ2n) is 4.27. The molecule has 2 rings (SSSR count). The van der Waals surface area contributed by atoms with Gasteiger partial charge in [-0.1, -0.05) is 13.0 Å². The molecule has 2 N–H and O–H groups in total. The van der Waals surface area contributed by atoms with Crippen LogP contribution in [-0.4, -0.2) is 20.9 Å². The largest absolute Gasteiger partial charge is 0.480 e. The summed E-state index contributed by atoms with van der Waals surface area (Å²) < 4.78 is 1.78. The van der Waals surface area contributed by atoms with Gasteiger partial charge >= 0.3 is 5.97 Å². The third-order valence-corrected chi connectivity index (χ3v) is 3.62.